The number of aliphatic carboxylic acids is 1. The summed E-state index contributed by atoms with van der Waals surface area (Å²) in [4.78, 5) is 24.0. The second-order valence-corrected chi connectivity index (χ2v) is 4.57. The van der Waals surface area contributed by atoms with Crippen LogP contribution in [0.5, 0.6) is 0 Å². The van der Waals surface area contributed by atoms with Gasteiger partial charge in [-0.1, -0.05) is 23.2 Å². The van der Waals surface area contributed by atoms with Gasteiger partial charge in [-0.2, -0.15) is 0 Å². The smallest absolute Gasteiger partial charge is 0.326 e. The number of carboxylic acids is 1. The molecular formula is C11H9Cl2NO3. The molecule has 0 saturated carbocycles. The van der Waals surface area contributed by atoms with Crippen molar-refractivity contribution in [1.29, 1.82) is 0 Å². The Balaban J connectivity index is 2.39. The number of nitrogens with zero attached hydrogens (tertiary/aromatic N) is 1. The summed E-state index contributed by atoms with van der Waals surface area (Å²) in [6.45, 7) is 0. The molecule has 90 valence electrons. The quantitative estimate of drug-likeness (QED) is 0.901. The van der Waals surface area contributed by atoms with Crippen LogP contribution in [0.1, 0.15) is 12.8 Å². The van der Waals surface area contributed by atoms with Crippen molar-refractivity contribution in [3.63, 3.8) is 0 Å². The lowest BCUT2D eigenvalue weighted by molar-refractivity contribution is -0.138. The molecule has 4 nitrogen and oxygen atoms in total. The van der Waals surface area contributed by atoms with Crippen LogP contribution in [0.4, 0.5) is 5.69 Å². The third kappa shape index (κ3) is 2.23. The topological polar surface area (TPSA) is 57.6 Å². The lowest BCUT2D eigenvalue weighted by Gasteiger charge is -2.21. The van der Waals surface area contributed by atoms with E-state index in [0.717, 1.165) is 0 Å². The van der Waals surface area contributed by atoms with Crippen LogP contribution in [0.25, 0.3) is 0 Å². The van der Waals surface area contributed by atoms with Gasteiger partial charge in [-0.25, -0.2) is 4.79 Å². The number of halogens is 2. The first-order chi connectivity index (χ1) is 8.00. The number of rotatable bonds is 2. The molecule has 1 aliphatic rings. The van der Waals surface area contributed by atoms with Gasteiger partial charge in [-0.3, -0.25) is 9.69 Å². The normalized spacial score (nSPS) is 19.8. The Morgan fingerprint density at radius 2 is 2.06 bits per heavy atom. The highest BCUT2D eigenvalue weighted by Crippen LogP contribution is 2.32. The maximum atomic E-state index is 11.7. The van der Waals surface area contributed by atoms with Gasteiger partial charge in [0.2, 0.25) is 5.91 Å². The zero-order valence-corrected chi connectivity index (χ0v) is 10.2. The number of benzene rings is 1. The van der Waals surface area contributed by atoms with Gasteiger partial charge in [-0.05, 0) is 24.6 Å². The van der Waals surface area contributed by atoms with Crippen molar-refractivity contribution in [3.05, 3.63) is 28.2 Å². The highest BCUT2D eigenvalue weighted by Gasteiger charge is 2.37. The van der Waals surface area contributed by atoms with E-state index >= 15 is 0 Å². The molecule has 0 aliphatic carbocycles. The number of hydrogen-bond acceptors (Lipinski definition) is 2. The van der Waals surface area contributed by atoms with Gasteiger partial charge in [0, 0.05) is 12.1 Å². The summed E-state index contributed by atoms with van der Waals surface area (Å²) in [6.07, 6.45) is 0.547. The molecule has 0 spiro atoms. The second-order valence-electron chi connectivity index (χ2n) is 3.75. The molecule has 1 fully saturated rings. The average Bonchev–Trinajstić information content (AvgIpc) is 2.64. The van der Waals surface area contributed by atoms with Gasteiger partial charge < -0.3 is 5.11 Å². The predicted molar refractivity (Wildman–Crippen MR) is 64.6 cm³/mol. The molecule has 2 rings (SSSR count). The molecule has 1 atom stereocenters. The summed E-state index contributed by atoms with van der Waals surface area (Å²) in [5.74, 6) is -1.22. The van der Waals surface area contributed by atoms with Crippen molar-refractivity contribution in [2.24, 2.45) is 0 Å². The van der Waals surface area contributed by atoms with Crippen molar-refractivity contribution >= 4 is 40.8 Å². The Morgan fingerprint density at radius 1 is 1.35 bits per heavy atom. The van der Waals surface area contributed by atoms with E-state index in [1.165, 1.54) is 11.0 Å². The van der Waals surface area contributed by atoms with Gasteiger partial charge in [0.05, 0.1) is 10.0 Å². The fourth-order valence-electron chi connectivity index (χ4n) is 1.88. The summed E-state index contributed by atoms with van der Waals surface area (Å²) in [5, 5.41) is 9.70. The summed E-state index contributed by atoms with van der Waals surface area (Å²) in [7, 11) is 0. The average molecular weight is 274 g/mol. The van der Waals surface area contributed by atoms with Crippen molar-refractivity contribution < 1.29 is 14.7 Å². The van der Waals surface area contributed by atoms with Crippen LogP contribution in [0, 0.1) is 0 Å². The summed E-state index contributed by atoms with van der Waals surface area (Å²) >= 11 is 11.6. The lowest BCUT2D eigenvalue weighted by atomic mass is 10.2. The third-order valence-corrected chi connectivity index (χ3v) is 3.42. The third-order valence-electron chi connectivity index (χ3n) is 2.68. The Morgan fingerprint density at radius 3 is 2.65 bits per heavy atom. The van der Waals surface area contributed by atoms with E-state index in [4.69, 9.17) is 28.3 Å². The van der Waals surface area contributed by atoms with Crippen LogP contribution in [0.15, 0.2) is 18.2 Å². The molecule has 1 unspecified atom stereocenters. The first-order valence-electron chi connectivity index (χ1n) is 5.00. The predicted octanol–water partition coefficient (Wildman–Crippen LogP) is 2.57. The maximum Gasteiger partial charge on any atom is 0.326 e. The molecule has 1 aromatic carbocycles. The zero-order chi connectivity index (χ0) is 12.6. The van der Waals surface area contributed by atoms with Crippen molar-refractivity contribution in [3.8, 4) is 0 Å². The SMILES string of the molecule is O=C(O)C1CCC(=O)N1c1ccc(Cl)c(Cl)c1. The Labute approximate surface area is 108 Å². The maximum absolute atomic E-state index is 11.7. The summed E-state index contributed by atoms with van der Waals surface area (Å²) in [6, 6.07) is 3.82. The van der Waals surface area contributed by atoms with Crippen LogP contribution >= 0.6 is 23.2 Å². The number of carbonyl (C=O) groups is 2. The summed E-state index contributed by atoms with van der Waals surface area (Å²) in [5.41, 5.74) is 0.467. The van der Waals surface area contributed by atoms with Gasteiger partial charge >= 0.3 is 5.97 Å². The van der Waals surface area contributed by atoms with Gasteiger partial charge in [0.1, 0.15) is 6.04 Å². The summed E-state index contributed by atoms with van der Waals surface area (Å²) < 4.78 is 0. The number of carboxylic acid groups (broad SMARTS) is 1. The molecule has 0 radical (unpaired) electrons. The molecule has 0 aromatic heterocycles. The van der Waals surface area contributed by atoms with E-state index < -0.39 is 12.0 Å². The number of amides is 1. The van der Waals surface area contributed by atoms with Crippen LogP contribution in [-0.4, -0.2) is 23.0 Å². The van der Waals surface area contributed by atoms with Crippen molar-refractivity contribution in [1.82, 2.24) is 0 Å². The second kappa shape index (κ2) is 4.55. The van der Waals surface area contributed by atoms with E-state index in [2.05, 4.69) is 0 Å². The highest BCUT2D eigenvalue weighted by molar-refractivity contribution is 6.42. The Hall–Kier alpha value is -1.26. The minimum absolute atomic E-state index is 0.212. The van der Waals surface area contributed by atoms with E-state index in [-0.39, 0.29) is 12.3 Å². The van der Waals surface area contributed by atoms with Crippen LogP contribution in [-0.2, 0) is 9.59 Å². The van der Waals surface area contributed by atoms with Crippen LogP contribution < -0.4 is 4.90 Å². The molecule has 0 bridgehead atoms. The molecule has 6 heteroatoms. The van der Waals surface area contributed by atoms with Crippen LogP contribution in [0.2, 0.25) is 10.0 Å². The molecule has 1 heterocycles. The first-order valence-corrected chi connectivity index (χ1v) is 5.76. The Bertz CT molecular complexity index is 490. The minimum atomic E-state index is -1.01. The van der Waals surface area contributed by atoms with E-state index in [1.54, 1.807) is 12.1 Å². The number of anilines is 1. The van der Waals surface area contributed by atoms with E-state index in [1.807, 2.05) is 0 Å². The molecular weight excluding hydrogens is 265 g/mol. The molecule has 1 amide bonds. The monoisotopic (exact) mass is 273 g/mol. The van der Waals surface area contributed by atoms with Gasteiger partial charge in [0.25, 0.3) is 0 Å². The highest BCUT2D eigenvalue weighted by atomic mass is 35.5. The fraction of sp³-hybridized carbons (Fsp3) is 0.273. The molecule has 1 N–H and O–H groups in total. The number of hydrogen-bond donors (Lipinski definition) is 1. The van der Waals surface area contributed by atoms with Gasteiger partial charge in [-0.15, -0.1) is 0 Å². The van der Waals surface area contributed by atoms with E-state index in [0.29, 0.717) is 22.2 Å². The van der Waals surface area contributed by atoms with Gasteiger partial charge in [0.15, 0.2) is 0 Å². The fourth-order valence-corrected chi connectivity index (χ4v) is 2.17. The standard InChI is InChI=1S/C11H9Cl2NO3/c12-7-2-1-6(5-8(7)13)14-9(11(16)17)3-4-10(14)15/h1-2,5,9H,3-4H2,(H,16,17). The Kier molecular flexibility index (Phi) is 3.26. The zero-order valence-electron chi connectivity index (χ0n) is 8.69. The molecule has 1 aliphatic heterocycles. The van der Waals surface area contributed by atoms with Crippen LogP contribution in [0.3, 0.4) is 0 Å². The molecule has 1 saturated heterocycles. The molecule has 1 aromatic rings. The number of carbonyl (C=O) groups excluding carboxylic acids is 1. The minimum Gasteiger partial charge on any atom is -0.480 e. The molecule has 17 heavy (non-hydrogen) atoms. The van der Waals surface area contributed by atoms with Crippen molar-refractivity contribution in [2.75, 3.05) is 4.90 Å². The van der Waals surface area contributed by atoms with E-state index in [9.17, 15) is 9.59 Å². The lowest BCUT2D eigenvalue weighted by Crippen LogP contribution is -2.38. The first kappa shape index (κ1) is 12.2. The largest absolute Gasteiger partial charge is 0.480 e. The van der Waals surface area contributed by atoms with Crippen molar-refractivity contribution in [2.45, 2.75) is 18.9 Å².